The van der Waals surface area contributed by atoms with Crippen LogP contribution in [0.2, 0.25) is 0 Å². The molecule has 1 aromatic heterocycles. The Morgan fingerprint density at radius 1 is 1.23 bits per heavy atom. The van der Waals surface area contributed by atoms with Crippen LogP contribution in [0, 0.1) is 0 Å². The smallest absolute Gasteiger partial charge is 0.257 e. The second kappa shape index (κ2) is 12.6. The molecule has 1 atom stereocenters. The fourth-order valence-electron chi connectivity index (χ4n) is 3.42. The van der Waals surface area contributed by atoms with Gasteiger partial charge in [-0.15, -0.1) is 0 Å². The maximum atomic E-state index is 13.9. The van der Waals surface area contributed by atoms with E-state index in [1.54, 1.807) is 0 Å². The fourth-order valence-corrected chi connectivity index (χ4v) is 4.19. The zero-order valence-corrected chi connectivity index (χ0v) is 20.1. The Morgan fingerprint density at radius 2 is 1.97 bits per heavy atom. The number of rotatable bonds is 15. The molecule has 0 aromatic carbocycles. The summed E-state index contributed by atoms with van der Waals surface area (Å²) in [5, 5.41) is 9.24. The Kier molecular flexibility index (Phi) is 9.58. The third-order valence-corrected chi connectivity index (χ3v) is 6.20. The Bertz CT molecular complexity index is 1010. The van der Waals surface area contributed by atoms with Gasteiger partial charge >= 0.3 is 0 Å². The van der Waals surface area contributed by atoms with Gasteiger partial charge in [-0.1, -0.05) is 19.4 Å². The molecule has 2 aliphatic carbocycles. The van der Waals surface area contributed by atoms with Crippen molar-refractivity contribution < 1.29 is 27.5 Å². The first-order valence-corrected chi connectivity index (χ1v) is 12.3. The second-order valence-corrected chi connectivity index (χ2v) is 9.27. The summed E-state index contributed by atoms with van der Waals surface area (Å²) in [5.41, 5.74) is 4.94. The van der Waals surface area contributed by atoms with Gasteiger partial charge in [-0.05, 0) is 43.3 Å². The number of carbonyl (C=O) groups excluding carboxylic acids is 2. The zero-order chi connectivity index (χ0) is 25.4. The van der Waals surface area contributed by atoms with E-state index in [4.69, 9.17) is 10.5 Å². The number of halogens is 3. The van der Waals surface area contributed by atoms with Gasteiger partial charge in [0.05, 0.1) is 11.4 Å². The van der Waals surface area contributed by atoms with Crippen LogP contribution in [0.4, 0.5) is 18.2 Å². The van der Waals surface area contributed by atoms with Gasteiger partial charge in [0.1, 0.15) is 35.0 Å². The lowest BCUT2D eigenvalue weighted by Gasteiger charge is -2.15. The highest BCUT2D eigenvalue weighted by Gasteiger charge is 2.26. The minimum atomic E-state index is -1.73. The van der Waals surface area contributed by atoms with Gasteiger partial charge in [-0.3, -0.25) is 9.59 Å². The van der Waals surface area contributed by atoms with E-state index in [1.165, 1.54) is 0 Å². The molecule has 12 heteroatoms. The third-order valence-electron chi connectivity index (χ3n) is 5.45. The molecule has 2 aliphatic rings. The van der Waals surface area contributed by atoms with Gasteiger partial charge in [0, 0.05) is 25.4 Å². The number of hydrogen-bond donors (Lipinski definition) is 4. The molecule has 2 amide bonds. The van der Waals surface area contributed by atoms with E-state index in [0.717, 1.165) is 50.1 Å². The van der Waals surface area contributed by atoms with E-state index < -0.39 is 42.3 Å². The molecule has 0 spiro atoms. The number of allylic oxidation sites excluding steroid dienone is 2. The summed E-state index contributed by atoms with van der Waals surface area (Å²) in [6.45, 7) is 3.92. The number of nitrogens with zero attached hydrogens (tertiary/aromatic N) is 1. The zero-order valence-electron chi connectivity index (χ0n) is 19.3. The van der Waals surface area contributed by atoms with Crippen LogP contribution in [0.25, 0.3) is 0 Å². The molecule has 192 valence electrons. The van der Waals surface area contributed by atoms with Crippen molar-refractivity contribution in [2.75, 3.05) is 18.5 Å². The molecule has 1 fully saturated rings. The molecule has 1 unspecified atom stereocenters. The van der Waals surface area contributed by atoms with E-state index in [2.05, 4.69) is 26.9 Å². The monoisotopic (exact) mass is 513 g/mol. The highest BCUT2D eigenvalue weighted by Crippen LogP contribution is 2.33. The lowest BCUT2D eigenvalue weighted by Crippen LogP contribution is -2.24. The number of aromatic nitrogens is 1. The van der Waals surface area contributed by atoms with Crippen molar-refractivity contribution in [1.82, 2.24) is 15.0 Å². The van der Waals surface area contributed by atoms with Gasteiger partial charge in [-0.25, -0.2) is 13.2 Å². The Balaban J connectivity index is 1.40. The van der Waals surface area contributed by atoms with Crippen molar-refractivity contribution in [3.8, 4) is 5.88 Å². The van der Waals surface area contributed by atoms with Crippen LogP contribution in [0.3, 0.4) is 0 Å². The van der Waals surface area contributed by atoms with Crippen LogP contribution in [0.5, 0.6) is 5.88 Å². The number of carbonyl (C=O) groups is 2. The van der Waals surface area contributed by atoms with E-state index >= 15 is 0 Å². The van der Waals surface area contributed by atoms with Crippen LogP contribution >= 0.6 is 11.5 Å². The molecular formula is C23H30F3N5O3S. The largest absolute Gasteiger partial charge is 0.471 e. The van der Waals surface area contributed by atoms with E-state index in [0.29, 0.717) is 30.9 Å². The first-order valence-electron chi connectivity index (χ1n) is 11.5. The van der Waals surface area contributed by atoms with E-state index in [1.807, 2.05) is 0 Å². The SMILES string of the molecule is C=C(NCCCCCCC(=O)NC1CC1)Nc1snc(OCC2=C(F)CC(F)C=C2F)c1C(N)=O. The molecule has 5 N–H and O–H groups in total. The van der Waals surface area contributed by atoms with E-state index in [-0.39, 0.29) is 22.4 Å². The summed E-state index contributed by atoms with van der Waals surface area (Å²) in [7, 11) is 0. The lowest BCUT2D eigenvalue weighted by molar-refractivity contribution is -0.121. The molecule has 8 nitrogen and oxygen atoms in total. The number of nitrogens with two attached hydrogens (primary N) is 1. The number of primary amides is 1. The summed E-state index contributed by atoms with van der Waals surface area (Å²) in [6.07, 6.45) is 4.70. The van der Waals surface area contributed by atoms with Crippen LogP contribution in [-0.4, -0.2) is 41.6 Å². The maximum absolute atomic E-state index is 13.9. The molecule has 3 rings (SSSR count). The quantitative estimate of drug-likeness (QED) is 0.262. The van der Waals surface area contributed by atoms with Gasteiger partial charge < -0.3 is 26.4 Å². The minimum absolute atomic E-state index is 0.0769. The summed E-state index contributed by atoms with van der Waals surface area (Å²) in [6, 6.07) is 0.393. The van der Waals surface area contributed by atoms with E-state index in [9.17, 15) is 22.8 Å². The normalized spacial score (nSPS) is 17.6. The maximum Gasteiger partial charge on any atom is 0.257 e. The number of amides is 2. The van der Waals surface area contributed by atoms with Gasteiger partial charge in [0.25, 0.3) is 5.91 Å². The Hall–Kier alpha value is -3.02. The first-order chi connectivity index (χ1) is 16.7. The van der Waals surface area contributed by atoms with Crippen molar-refractivity contribution in [3.63, 3.8) is 0 Å². The average Bonchev–Trinajstić information content (AvgIpc) is 3.50. The molecule has 1 saturated carbocycles. The number of nitrogens with one attached hydrogen (secondary N) is 3. The molecule has 0 bridgehead atoms. The first kappa shape index (κ1) is 26.6. The van der Waals surface area contributed by atoms with Crippen molar-refractivity contribution in [3.05, 3.63) is 41.3 Å². The number of ether oxygens (including phenoxy) is 1. The standard InChI is InChI=1S/C23H30F3N5O3S/c1-13(28-9-5-3-2-4-6-19(32)30-15-7-8-15)29-23-20(21(27)33)22(31-35-23)34-12-16-17(25)10-14(24)11-18(16)26/h10,14-15,28-29H,1-9,11-12H2,(H2,27,33)(H,30,32). The van der Waals surface area contributed by atoms with Crippen molar-refractivity contribution in [1.29, 1.82) is 0 Å². The van der Waals surface area contributed by atoms with Gasteiger partial charge in [-0.2, -0.15) is 4.37 Å². The summed E-state index contributed by atoms with van der Waals surface area (Å²) in [5.74, 6) is -2.49. The van der Waals surface area contributed by atoms with Crippen LogP contribution < -0.4 is 26.4 Å². The molecule has 0 saturated heterocycles. The van der Waals surface area contributed by atoms with Crippen LogP contribution in [0.1, 0.15) is 61.7 Å². The van der Waals surface area contributed by atoms with Gasteiger partial charge in [0.15, 0.2) is 0 Å². The highest BCUT2D eigenvalue weighted by atomic mass is 32.1. The van der Waals surface area contributed by atoms with Crippen LogP contribution in [-0.2, 0) is 4.79 Å². The van der Waals surface area contributed by atoms with Crippen LogP contribution in [0.15, 0.2) is 35.7 Å². The molecule has 1 heterocycles. The van der Waals surface area contributed by atoms with Crippen molar-refractivity contribution >= 4 is 28.3 Å². The number of hydrogen-bond acceptors (Lipinski definition) is 7. The average molecular weight is 514 g/mol. The molecule has 0 aliphatic heterocycles. The van der Waals surface area contributed by atoms with Crippen molar-refractivity contribution in [2.45, 2.75) is 63.6 Å². The predicted molar refractivity (Wildman–Crippen MR) is 128 cm³/mol. The summed E-state index contributed by atoms with van der Waals surface area (Å²) < 4.78 is 50.3. The topological polar surface area (TPSA) is 118 Å². The Morgan fingerprint density at radius 3 is 2.66 bits per heavy atom. The van der Waals surface area contributed by atoms with Gasteiger partial charge in [0.2, 0.25) is 11.8 Å². The molecule has 0 radical (unpaired) electrons. The molecule has 1 aromatic rings. The molecule has 35 heavy (non-hydrogen) atoms. The highest BCUT2D eigenvalue weighted by molar-refractivity contribution is 7.10. The predicted octanol–water partition coefficient (Wildman–Crippen LogP) is 4.14. The number of unbranched alkanes of at least 4 members (excludes halogenated alkanes) is 3. The lowest BCUT2D eigenvalue weighted by atomic mass is 10.0. The Labute approximate surface area is 206 Å². The number of anilines is 1. The molecular weight excluding hydrogens is 483 g/mol. The minimum Gasteiger partial charge on any atom is -0.471 e. The third kappa shape index (κ3) is 8.30. The summed E-state index contributed by atoms with van der Waals surface area (Å²) >= 11 is 0.879. The van der Waals surface area contributed by atoms with Crippen molar-refractivity contribution in [2.24, 2.45) is 5.73 Å². The second-order valence-electron chi connectivity index (χ2n) is 8.50. The fraction of sp³-hybridized carbons (Fsp3) is 0.522. The number of alkyl halides is 1. The summed E-state index contributed by atoms with van der Waals surface area (Å²) in [4.78, 5) is 23.6.